The summed E-state index contributed by atoms with van der Waals surface area (Å²) in [5, 5.41) is 24.2. The molecule has 0 atom stereocenters. The van der Waals surface area contributed by atoms with Crippen molar-refractivity contribution < 1.29 is 29.5 Å². The molecule has 0 aliphatic rings. The number of carbonyl (C=O) groups is 2. The predicted molar refractivity (Wildman–Crippen MR) is 55.6 cm³/mol. The number of carboxylic acid groups (broad SMARTS) is 2. The van der Waals surface area contributed by atoms with Gasteiger partial charge in [0, 0.05) is 23.7 Å². The van der Waals surface area contributed by atoms with E-state index in [2.05, 4.69) is 4.74 Å². The molecule has 2 N–H and O–H groups in total. The highest BCUT2D eigenvalue weighted by atomic mass is 35.5. The summed E-state index contributed by atoms with van der Waals surface area (Å²) < 4.78 is 4.45. The number of non-ortho nitro benzene ring substituents is 1. The van der Waals surface area contributed by atoms with E-state index in [1.807, 2.05) is 0 Å². The highest BCUT2D eigenvalue weighted by Crippen LogP contribution is 2.17. The summed E-state index contributed by atoms with van der Waals surface area (Å²) in [5.41, 5.74) is -1.05. The van der Waals surface area contributed by atoms with Gasteiger partial charge in [0.05, 0.1) is 4.92 Å². The average Bonchev–Trinajstić information content (AvgIpc) is 2.16. The zero-order valence-corrected chi connectivity index (χ0v) is 8.83. The monoisotopic (exact) mass is 263 g/mol. The van der Waals surface area contributed by atoms with Crippen LogP contribution in [0.5, 0.6) is 5.75 Å². The van der Waals surface area contributed by atoms with E-state index in [-0.39, 0.29) is 11.4 Å². The van der Waals surface area contributed by atoms with Crippen LogP contribution in [0.3, 0.4) is 0 Å². The molecule has 0 saturated heterocycles. The Kier molecular flexibility index (Phi) is 6.04. The van der Waals surface area contributed by atoms with Crippen molar-refractivity contribution in [2.24, 2.45) is 0 Å². The average molecular weight is 264 g/mol. The van der Waals surface area contributed by atoms with Gasteiger partial charge in [-0.05, 0) is 12.1 Å². The van der Waals surface area contributed by atoms with Crippen molar-refractivity contribution in [1.29, 1.82) is 0 Å². The third-order valence-corrected chi connectivity index (χ3v) is 1.32. The molecule has 0 saturated carbocycles. The second-order valence-electron chi connectivity index (χ2n) is 2.37. The van der Waals surface area contributed by atoms with Crippen molar-refractivity contribution in [3.63, 3.8) is 0 Å². The third kappa shape index (κ3) is 7.56. The molecule has 0 radical (unpaired) electrons. The Morgan fingerprint density at radius 2 is 1.65 bits per heavy atom. The summed E-state index contributed by atoms with van der Waals surface area (Å²) in [6.07, 6.45) is -1.83. The van der Waals surface area contributed by atoms with E-state index < -0.39 is 16.5 Å². The maximum atomic E-state index is 10.2. The van der Waals surface area contributed by atoms with Gasteiger partial charge in [-0.25, -0.2) is 9.59 Å². The standard InChI is InChI=1S/C7H4ClNO4.CH2O3/c8-7(10)13-6-3-1-5(2-4-6)9(11)12;2-1(3)4/h1-4H;(H2,2,3,4). The Balaban J connectivity index is 0.000000557. The first-order valence-electron chi connectivity index (χ1n) is 3.86. The van der Waals surface area contributed by atoms with Crippen LogP contribution >= 0.6 is 11.6 Å². The molecule has 0 amide bonds. The smallest absolute Gasteiger partial charge is 0.450 e. The molecule has 1 rings (SSSR count). The van der Waals surface area contributed by atoms with Crippen LogP contribution in [0, 0.1) is 10.1 Å². The highest BCUT2D eigenvalue weighted by Gasteiger charge is 2.05. The van der Waals surface area contributed by atoms with E-state index in [1.165, 1.54) is 24.3 Å². The Labute approximate surface area is 99.1 Å². The van der Waals surface area contributed by atoms with Crippen molar-refractivity contribution >= 4 is 28.9 Å². The largest absolute Gasteiger partial charge is 0.503 e. The molecule has 0 aliphatic carbocycles. The van der Waals surface area contributed by atoms with E-state index in [4.69, 9.17) is 26.6 Å². The van der Waals surface area contributed by atoms with Crippen LogP contribution in [0.2, 0.25) is 0 Å². The molecule has 0 unspecified atom stereocenters. The van der Waals surface area contributed by atoms with E-state index >= 15 is 0 Å². The Bertz CT molecular complexity index is 412. The number of nitrogens with zero attached hydrogens (tertiary/aromatic N) is 1. The van der Waals surface area contributed by atoms with Crippen molar-refractivity contribution in [2.75, 3.05) is 0 Å². The van der Waals surface area contributed by atoms with Crippen LogP contribution in [0.4, 0.5) is 15.3 Å². The molecule has 17 heavy (non-hydrogen) atoms. The Hall–Kier alpha value is -2.35. The SMILES string of the molecule is O=C(Cl)Oc1ccc([N+](=O)[O-])cc1.O=C(O)O. The van der Waals surface area contributed by atoms with Gasteiger partial charge < -0.3 is 14.9 Å². The van der Waals surface area contributed by atoms with Gasteiger partial charge in [0.1, 0.15) is 5.75 Å². The van der Waals surface area contributed by atoms with E-state index in [9.17, 15) is 14.9 Å². The number of ether oxygens (including phenoxy) is 1. The van der Waals surface area contributed by atoms with Gasteiger partial charge in [0.25, 0.3) is 5.69 Å². The van der Waals surface area contributed by atoms with Gasteiger partial charge in [0.2, 0.25) is 0 Å². The number of nitro benzene ring substituents is 1. The Morgan fingerprint density at radius 3 is 1.94 bits per heavy atom. The summed E-state index contributed by atoms with van der Waals surface area (Å²) in [6.45, 7) is 0. The molecule has 9 heteroatoms. The van der Waals surface area contributed by atoms with Crippen molar-refractivity contribution in [1.82, 2.24) is 0 Å². The lowest BCUT2D eigenvalue weighted by Gasteiger charge is -1.97. The number of hydrogen-bond donors (Lipinski definition) is 2. The van der Waals surface area contributed by atoms with Crippen LogP contribution in [-0.4, -0.2) is 26.7 Å². The van der Waals surface area contributed by atoms with Crippen LogP contribution < -0.4 is 4.74 Å². The maximum Gasteiger partial charge on any atom is 0.503 e. The fourth-order valence-electron chi connectivity index (χ4n) is 0.729. The third-order valence-electron chi connectivity index (χ3n) is 1.25. The summed E-state index contributed by atoms with van der Waals surface area (Å²) in [7, 11) is 0. The Morgan fingerprint density at radius 1 is 1.24 bits per heavy atom. The van der Waals surface area contributed by atoms with Gasteiger partial charge in [-0.2, -0.15) is 0 Å². The van der Waals surface area contributed by atoms with Gasteiger partial charge in [-0.3, -0.25) is 10.1 Å². The van der Waals surface area contributed by atoms with E-state index in [0.29, 0.717) is 0 Å². The quantitative estimate of drug-likeness (QED) is 0.477. The number of halogens is 1. The molecule has 1 aromatic carbocycles. The lowest BCUT2D eigenvalue weighted by Crippen LogP contribution is -1.96. The minimum atomic E-state index is -1.83. The minimum absolute atomic E-state index is 0.0747. The zero-order chi connectivity index (χ0) is 13.4. The topological polar surface area (TPSA) is 127 Å². The van der Waals surface area contributed by atoms with Crippen molar-refractivity contribution in [3.05, 3.63) is 34.4 Å². The normalized spacial score (nSPS) is 8.53. The molecule has 8 nitrogen and oxygen atoms in total. The van der Waals surface area contributed by atoms with Crippen LogP contribution in [-0.2, 0) is 0 Å². The minimum Gasteiger partial charge on any atom is -0.450 e. The number of carbonyl (C=O) groups excluding carboxylic acids is 1. The van der Waals surface area contributed by atoms with Gasteiger partial charge >= 0.3 is 11.6 Å². The second-order valence-corrected chi connectivity index (χ2v) is 2.68. The van der Waals surface area contributed by atoms with Crippen molar-refractivity contribution in [3.8, 4) is 5.75 Å². The van der Waals surface area contributed by atoms with Crippen LogP contribution in [0.1, 0.15) is 0 Å². The summed E-state index contributed by atoms with van der Waals surface area (Å²) in [5.74, 6) is 0.172. The van der Waals surface area contributed by atoms with E-state index in [1.54, 1.807) is 0 Å². The molecule has 0 bridgehead atoms. The number of hydrogen-bond acceptors (Lipinski definition) is 5. The molecule has 0 fully saturated rings. The number of nitro groups is 1. The summed E-state index contributed by atoms with van der Waals surface area (Å²) in [4.78, 5) is 28.5. The predicted octanol–water partition coefficient (Wildman–Crippen LogP) is 2.55. The number of benzene rings is 1. The zero-order valence-electron chi connectivity index (χ0n) is 8.07. The molecule has 0 heterocycles. The molecular formula is C8H6ClNO7. The second kappa shape index (κ2) is 7.01. The lowest BCUT2D eigenvalue weighted by atomic mass is 10.3. The maximum absolute atomic E-state index is 10.2. The van der Waals surface area contributed by atoms with Gasteiger partial charge in [0.15, 0.2) is 0 Å². The van der Waals surface area contributed by atoms with E-state index in [0.717, 1.165) is 0 Å². The summed E-state index contributed by atoms with van der Waals surface area (Å²) >= 11 is 4.92. The number of rotatable bonds is 2. The highest BCUT2D eigenvalue weighted by molar-refractivity contribution is 6.61. The first-order valence-corrected chi connectivity index (χ1v) is 4.24. The molecule has 92 valence electrons. The molecular weight excluding hydrogens is 258 g/mol. The molecule has 0 spiro atoms. The van der Waals surface area contributed by atoms with Gasteiger partial charge in [-0.15, -0.1) is 0 Å². The summed E-state index contributed by atoms with van der Waals surface area (Å²) in [6, 6.07) is 5.02. The van der Waals surface area contributed by atoms with Crippen LogP contribution in [0.25, 0.3) is 0 Å². The lowest BCUT2D eigenvalue weighted by molar-refractivity contribution is -0.384. The fraction of sp³-hybridized carbons (Fsp3) is 0. The van der Waals surface area contributed by atoms with Gasteiger partial charge in [-0.1, -0.05) is 0 Å². The molecule has 1 aromatic rings. The molecule has 0 aromatic heterocycles. The van der Waals surface area contributed by atoms with Crippen LogP contribution in [0.15, 0.2) is 24.3 Å². The fourth-order valence-corrected chi connectivity index (χ4v) is 0.818. The molecule has 0 aliphatic heterocycles. The first kappa shape index (κ1) is 14.6. The van der Waals surface area contributed by atoms with Crippen molar-refractivity contribution in [2.45, 2.75) is 0 Å². The first-order chi connectivity index (χ1) is 7.82.